The van der Waals surface area contributed by atoms with Crippen molar-refractivity contribution in [3.8, 4) is 5.88 Å². The van der Waals surface area contributed by atoms with Crippen LogP contribution in [0.3, 0.4) is 0 Å². The average molecular weight is 267 g/mol. The Balaban J connectivity index is 2.25. The fraction of sp³-hybridized carbons (Fsp3) is 0.154. The van der Waals surface area contributed by atoms with Crippen LogP contribution in [0.2, 0.25) is 0 Å². The minimum atomic E-state index is -2.85. The lowest BCUT2D eigenvalue weighted by Gasteiger charge is -2.06. The van der Waals surface area contributed by atoms with E-state index < -0.39 is 17.8 Å². The lowest BCUT2D eigenvalue weighted by Crippen LogP contribution is -1.96. The smallest absolute Gasteiger partial charge is 0.266 e. The number of aromatic nitrogens is 2. The van der Waals surface area contributed by atoms with Crippen molar-refractivity contribution in [3.05, 3.63) is 59.7 Å². The van der Waals surface area contributed by atoms with Crippen LogP contribution in [-0.4, -0.2) is 17.1 Å². The first-order valence-electron chi connectivity index (χ1n) is 5.38. The van der Waals surface area contributed by atoms with E-state index in [0.29, 0.717) is 17.1 Å². The monoisotopic (exact) mass is 267 g/mol. The number of ether oxygens (including phenoxy) is 1. The maximum atomic E-state index is 13.1. The maximum Gasteiger partial charge on any atom is 0.266 e. The van der Waals surface area contributed by atoms with Crippen molar-refractivity contribution in [2.75, 3.05) is 7.11 Å². The van der Waals surface area contributed by atoms with Crippen LogP contribution in [0.25, 0.3) is 0 Å². The maximum absolute atomic E-state index is 13.1. The summed E-state index contributed by atoms with van der Waals surface area (Å²) in [6, 6.07) is 5.04. The van der Waals surface area contributed by atoms with Gasteiger partial charge in [0.1, 0.15) is 12.1 Å². The molecule has 0 atom stereocenters. The Morgan fingerprint density at radius 1 is 1.21 bits per heavy atom. The number of hydrogen-bond donors (Lipinski definition) is 0. The van der Waals surface area contributed by atoms with Gasteiger partial charge < -0.3 is 4.74 Å². The normalized spacial score (nSPS) is 10.8. The van der Waals surface area contributed by atoms with Gasteiger partial charge in [-0.25, -0.2) is 23.1 Å². The van der Waals surface area contributed by atoms with Gasteiger partial charge in [0.2, 0.25) is 5.88 Å². The molecule has 1 aromatic carbocycles. The van der Waals surface area contributed by atoms with Gasteiger partial charge in [-0.15, -0.1) is 0 Å². The number of rotatable bonds is 4. The van der Waals surface area contributed by atoms with Gasteiger partial charge in [0.15, 0.2) is 0 Å². The zero-order valence-corrected chi connectivity index (χ0v) is 9.98. The van der Waals surface area contributed by atoms with Crippen LogP contribution in [0, 0.1) is 12.2 Å². The van der Waals surface area contributed by atoms with Gasteiger partial charge in [-0.1, -0.05) is 6.07 Å². The highest BCUT2D eigenvalue weighted by Crippen LogP contribution is 2.24. The fourth-order valence-electron chi connectivity index (χ4n) is 1.53. The van der Waals surface area contributed by atoms with E-state index >= 15 is 0 Å². The largest absolute Gasteiger partial charge is 0.481 e. The molecule has 0 aliphatic heterocycles. The summed E-state index contributed by atoms with van der Waals surface area (Å²) in [5, 5.41) is 0. The standard InChI is InChI=1S/C13H10F3N2O/c1-19-12-6-9(17-7-18-12)4-8-2-3-11(14)10(5-8)13(15)16/h2-7,13H,1H3. The zero-order valence-electron chi connectivity index (χ0n) is 9.98. The van der Waals surface area contributed by atoms with Crippen LogP contribution in [0.15, 0.2) is 30.6 Å². The van der Waals surface area contributed by atoms with Crippen LogP contribution < -0.4 is 4.74 Å². The molecule has 0 amide bonds. The SMILES string of the molecule is COc1cc([CH]c2ccc(F)c(C(F)F)c2)ncn1. The summed E-state index contributed by atoms with van der Waals surface area (Å²) in [5.74, 6) is -0.565. The molecular formula is C13H10F3N2O. The number of benzene rings is 1. The lowest BCUT2D eigenvalue weighted by atomic mass is 10.1. The lowest BCUT2D eigenvalue weighted by molar-refractivity contribution is 0.146. The Morgan fingerprint density at radius 2 is 2.00 bits per heavy atom. The first kappa shape index (κ1) is 13.3. The molecule has 0 fully saturated rings. The highest BCUT2D eigenvalue weighted by molar-refractivity contribution is 5.37. The molecule has 3 nitrogen and oxygen atoms in total. The summed E-state index contributed by atoms with van der Waals surface area (Å²) in [6.45, 7) is 0. The van der Waals surface area contributed by atoms with Gasteiger partial charge in [-0.3, -0.25) is 0 Å². The van der Waals surface area contributed by atoms with E-state index in [1.54, 1.807) is 6.07 Å². The molecule has 0 saturated carbocycles. The highest BCUT2D eigenvalue weighted by atomic mass is 19.3. The van der Waals surface area contributed by atoms with E-state index in [9.17, 15) is 13.2 Å². The minimum absolute atomic E-state index is 0.359. The van der Waals surface area contributed by atoms with Crippen molar-refractivity contribution in [1.29, 1.82) is 0 Å². The molecule has 0 N–H and O–H groups in total. The van der Waals surface area contributed by atoms with E-state index in [-0.39, 0.29) is 0 Å². The van der Waals surface area contributed by atoms with E-state index in [0.717, 1.165) is 12.1 Å². The van der Waals surface area contributed by atoms with E-state index in [1.165, 1.54) is 25.9 Å². The van der Waals surface area contributed by atoms with Crippen molar-refractivity contribution < 1.29 is 17.9 Å². The number of halogens is 3. The molecule has 0 spiro atoms. The Morgan fingerprint density at radius 3 is 2.68 bits per heavy atom. The molecule has 99 valence electrons. The summed E-state index contributed by atoms with van der Waals surface area (Å²) in [6.07, 6.45) is -0.0224. The molecule has 19 heavy (non-hydrogen) atoms. The van der Waals surface area contributed by atoms with Gasteiger partial charge in [0.25, 0.3) is 6.43 Å². The molecule has 2 rings (SSSR count). The van der Waals surface area contributed by atoms with Crippen LogP contribution in [-0.2, 0) is 0 Å². The third-order valence-electron chi connectivity index (χ3n) is 2.44. The second-order valence-electron chi connectivity index (χ2n) is 3.71. The Kier molecular flexibility index (Phi) is 3.99. The molecular weight excluding hydrogens is 257 g/mol. The Hall–Kier alpha value is -2.11. The Labute approximate surface area is 108 Å². The van der Waals surface area contributed by atoms with E-state index in [4.69, 9.17) is 4.74 Å². The predicted molar refractivity (Wildman–Crippen MR) is 62.4 cm³/mol. The number of nitrogens with zero attached hydrogens (tertiary/aromatic N) is 2. The molecule has 0 aliphatic carbocycles. The number of methoxy groups -OCH3 is 1. The number of alkyl halides is 2. The zero-order chi connectivity index (χ0) is 13.8. The van der Waals surface area contributed by atoms with Crippen LogP contribution in [0.5, 0.6) is 5.88 Å². The summed E-state index contributed by atoms with van der Waals surface area (Å²) in [5.41, 5.74) is 0.283. The molecule has 6 heteroatoms. The van der Waals surface area contributed by atoms with Crippen molar-refractivity contribution >= 4 is 0 Å². The van der Waals surface area contributed by atoms with Gasteiger partial charge in [0, 0.05) is 12.5 Å². The van der Waals surface area contributed by atoms with Gasteiger partial charge in [0.05, 0.1) is 18.4 Å². The van der Waals surface area contributed by atoms with Crippen LogP contribution >= 0.6 is 0 Å². The summed E-state index contributed by atoms with van der Waals surface area (Å²) < 4.78 is 43.2. The third kappa shape index (κ3) is 3.21. The van der Waals surface area contributed by atoms with E-state index in [1.807, 2.05) is 0 Å². The van der Waals surface area contributed by atoms with Crippen molar-refractivity contribution in [2.45, 2.75) is 6.43 Å². The molecule has 0 bridgehead atoms. The first-order valence-corrected chi connectivity index (χ1v) is 5.38. The molecule has 0 saturated heterocycles. The molecule has 1 heterocycles. The molecule has 1 aromatic heterocycles. The highest BCUT2D eigenvalue weighted by Gasteiger charge is 2.14. The van der Waals surface area contributed by atoms with Gasteiger partial charge >= 0.3 is 0 Å². The van der Waals surface area contributed by atoms with Crippen molar-refractivity contribution in [3.63, 3.8) is 0 Å². The van der Waals surface area contributed by atoms with Gasteiger partial charge in [-0.2, -0.15) is 0 Å². The topological polar surface area (TPSA) is 35.0 Å². The first-order chi connectivity index (χ1) is 9.10. The molecule has 0 aliphatic rings. The quantitative estimate of drug-likeness (QED) is 0.853. The molecule has 2 aromatic rings. The predicted octanol–water partition coefficient (Wildman–Crippen LogP) is 3.16. The second kappa shape index (κ2) is 5.69. The van der Waals surface area contributed by atoms with Crippen LogP contribution in [0.1, 0.15) is 23.2 Å². The third-order valence-corrected chi connectivity index (χ3v) is 2.44. The van der Waals surface area contributed by atoms with E-state index in [2.05, 4.69) is 9.97 Å². The fourth-order valence-corrected chi connectivity index (χ4v) is 1.53. The summed E-state index contributed by atoms with van der Waals surface area (Å²) >= 11 is 0. The minimum Gasteiger partial charge on any atom is -0.481 e. The van der Waals surface area contributed by atoms with Crippen molar-refractivity contribution in [2.24, 2.45) is 0 Å². The Bertz CT molecular complexity index is 576. The summed E-state index contributed by atoms with van der Waals surface area (Å²) in [4.78, 5) is 7.78. The average Bonchev–Trinajstić information content (AvgIpc) is 2.41. The van der Waals surface area contributed by atoms with Gasteiger partial charge in [-0.05, 0) is 17.7 Å². The molecule has 1 radical (unpaired) electrons. The van der Waals surface area contributed by atoms with Crippen LogP contribution in [0.4, 0.5) is 13.2 Å². The molecule has 0 unspecified atom stereocenters. The second-order valence-corrected chi connectivity index (χ2v) is 3.71. The van der Waals surface area contributed by atoms with Crippen molar-refractivity contribution in [1.82, 2.24) is 9.97 Å². The summed E-state index contributed by atoms with van der Waals surface area (Å²) in [7, 11) is 1.46. The number of hydrogen-bond acceptors (Lipinski definition) is 3.